The van der Waals surface area contributed by atoms with Gasteiger partial charge in [-0.1, -0.05) is 0 Å². The molecular weight excluding hydrogens is 214 g/mol. The maximum atomic E-state index is 11.5. The van der Waals surface area contributed by atoms with Crippen LogP contribution in [-0.2, 0) is 24.6 Å². The third kappa shape index (κ3) is 1.38. The lowest BCUT2D eigenvalue weighted by Crippen LogP contribution is -2.00. The van der Waals surface area contributed by atoms with Crippen molar-refractivity contribution in [1.82, 2.24) is 4.57 Å². The van der Waals surface area contributed by atoms with Crippen molar-refractivity contribution in [3.05, 3.63) is 35.0 Å². The van der Waals surface area contributed by atoms with Gasteiger partial charge in [0.05, 0.1) is 12.7 Å². The zero-order chi connectivity index (χ0) is 12.0. The summed E-state index contributed by atoms with van der Waals surface area (Å²) >= 11 is 0. The Kier molecular flexibility index (Phi) is 2.21. The number of hydrogen-bond acceptors (Lipinski definition) is 2. The second kappa shape index (κ2) is 3.62. The van der Waals surface area contributed by atoms with Crippen LogP contribution in [0.5, 0.6) is 0 Å². The Morgan fingerprint density at radius 2 is 2.18 bits per heavy atom. The summed E-state index contributed by atoms with van der Waals surface area (Å²) in [6, 6.07) is 5.81. The molecule has 0 aliphatic heterocycles. The molecule has 1 aliphatic rings. The lowest BCUT2D eigenvalue weighted by molar-refractivity contribution is 0.0601. The number of carbonyl (C=O) groups excluding carboxylic acids is 1. The first kappa shape index (κ1) is 10.4. The van der Waals surface area contributed by atoms with Crippen LogP contribution in [0.4, 0.5) is 0 Å². The topological polar surface area (TPSA) is 31.2 Å². The van der Waals surface area contributed by atoms with Crippen molar-refractivity contribution in [3.63, 3.8) is 0 Å². The minimum absolute atomic E-state index is 0.262. The Morgan fingerprint density at radius 1 is 1.35 bits per heavy atom. The summed E-state index contributed by atoms with van der Waals surface area (Å²) in [4.78, 5) is 11.5. The fourth-order valence-corrected chi connectivity index (χ4v) is 2.85. The molecule has 0 atom stereocenters. The van der Waals surface area contributed by atoms with Crippen molar-refractivity contribution < 1.29 is 9.53 Å². The van der Waals surface area contributed by atoms with E-state index in [9.17, 15) is 4.79 Å². The molecule has 0 N–H and O–H groups in total. The van der Waals surface area contributed by atoms with Gasteiger partial charge < -0.3 is 9.30 Å². The van der Waals surface area contributed by atoms with E-state index in [-0.39, 0.29) is 5.97 Å². The van der Waals surface area contributed by atoms with E-state index in [2.05, 4.69) is 11.6 Å². The van der Waals surface area contributed by atoms with Crippen LogP contribution in [0.15, 0.2) is 18.2 Å². The lowest BCUT2D eigenvalue weighted by atomic mass is 10.1. The van der Waals surface area contributed by atoms with E-state index in [0.717, 1.165) is 12.8 Å². The average Bonchev–Trinajstić information content (AvgIpc) is 2.93. The zero-order valence-corrected chi connectivity index (χ0v) is 10.1. The maximum absolute atomic E-state index is 11.5. The van der Waals surface area contributed by atoms with E-state index in [1.54, 1.807) is 0 Å². The van der Waals surface area contributed by atoms with Crippen molar-refractivity contribution in [2.24, 2.45) is 7.05 Å². The number of esters is 1. The summed E-state index contributed by atoms with van der Waals surface area (Å²) in [6.07, 6.45) is 3.49. The molecule has 3 nitrogen and oxygen atoms in total. The summed E-state index contributed by atoms with van der Waals surface area (Å²) in [5, 5.41) is 1.21. The van der Waals surface area contributed by atoms with Crippen LogP contribution < -0.4 is 0 Å². The number of methoxy groups -OCH3 is 1. The van der Waals surface area contributed by atoms with Crippen LogP contribution in [0.2, 0.25) is 0 Å². The highest BCUT2D eigenvalue weighted by Crippen LogP contribution is 2.32. The minimum atomic E-state index is -0.262. The van der Waals surface area contributed by atoms with E-state index >= 15 is 0 Å². The van der Waals surface area contributed by atoms with Crippen molar-refractivity contribution in [2.45, 2.75) is 19.3 Å². The first-order valence-electron chi connectivity index (χ1n) is 5.91. The molecule has 1 heterocycles. The largest absolute Gasteiger partial charge is 0.465 e. The molecule has 0 saturated heterocycles. The molecule has 88 valence electrons. The molecule has 0 spiro atoms. The molecule has 0 fully saturated rings. The van der Waals surface area contributed by atoms with E-state index in [1.807, 2.05) is 18.2 Å². The Morgan fingerprint density at radius 3 is 2.94 bits per heavy atom. The molecule has 0 unspecified atom stereocenters. The second-order valence-electron chi connectivity index (χ2n) is 4.56. The SMILES string of the molecule is COC(=O)c1ccc2c(c1)c1c(n2C)CCC1. The Labute approximate surface area is 100.0 Å². The number of nitrogens with zero attached hydrogens (tertiary/aromatic N) is 1. The second-order valence-corrected chi connectivity index (χ2v) is 4.56. The molecule has 3 rings (SSSR count). The molecule has 1 aromatic heterocycles. The standard InChI is InChI=1S/C14H15NO2/c1-15-12-5-3-4-10(12)11-8-9(14(16)17-2)6-7-13(11)15/h6-8H,3-5H2,1-2H3. The highest BCUT2D eigenvalue weighted by Gasteiger charge is 2.20. The number of benzene rings is 1. The fraction of sp³-hybridized carbons (Fsp3) is 0.357. The number of rotatable bonds is 1. The normalized spacial score (nSPS) is 14.0. The maximum Gasteiger partial charge on any atom is 0.337 e. The fourth-order valence-electron chi connectivity index (χ4n) is 2.85. The number of fused-ring (bicyclic) bond motifs is 3. The summed E-state index contributed by atoms with van der Waals surface area (Å²) in [5.74, 6) is -0.262. The predicted molar refractivity (Wildman–Crippen MR) is 66.3 cm³/mol. The van der Waals surface area contributed by atoms with Gasteiger partial charge in [0.1, 0.15) is 0 Å². The summed E-state index contributed by atoms with van der Waals surface area (Å²) < 4.78 is 7.01. The molecule has 1 aromatic carbocycles. The smallest absolute Gasteiger partial charge is 0.337 e. The molecule has 0 radical (unpaired) electrons. The highest BCUT2D eigenvalue weighted by atomic mass is 16.5. The summed E-state index contributed by atoms with van der Waals surface area (Å²) in [7, 11) is 3.52. The number of aryl methyl sites for hydroxylation is 2. The minimum Gasteiger partial charge on any atom is -0.465 e. The Bertz CT molecular complexity index is 610. The Hall–Kier alpha value is -1.77. The van der Waals surface area contributed by atoms with Gasteiger partial charge in [-0.05, 0) is 43.0 Å². The number of aromatic nitrogens is 1. The van der Waals surface area contributed by atoms with E-state index in [1.165, 1.54) is 35.7 Å². The van der Waals surface area contributed by atoms with E-state index < -0.39 is 0 Å². The van der Waals surface area contributed by atoms with Crippen molar-refractivity contribution in [1.29, 1.82) is 0 Å². The molecule has 1 aliphatic carbocycles. The van der Waals surface area contributed by atoms with Crippen molar-refractivity contribution >= 4 is 16.9 Å². The molecular formula is C14H15NO2. The van der Waals surface area contributed by atoms with E-state index in [4.69, 9.17) is 4.74 Å². The highest BCUT2D eigenvalue weighted by molar-refractivity contribution is 5.96. The number of hydrogen-bond donors (Lipinski definition) is 0. The van der Waals surface area contributed by atoms with Gasteiger partial charge in [-0.25, -0.2) is 4.79 Å². The summed E-state index contributed by atoms with van der Waals surface area (Å²) in [6.45, 7) is 0. The van der Waals surface area contributed by atoms with Crippen LogP contribution in [0.25, 0.3) is 10.9 Å². The van der Waals surface area contributed by atoms with Gasteiger partial charge in [-0.3, -0.25) is 0 Å². The van der Waals surface area contributed by atoms with E-state index in [0.29, 0.717) is 5.56 Å². The van der Waals surface area contributed by atoms with Gasteiger partial charge in [0, 0.05) is 23.6 Å². The van der Waals surface area contributed by atoms with Crippen molar-refractivity contribution in [3.8, 4) is 0 Å². The van der Waals surface area contributed by atoms with Crippen LogP contribution in [0.3, 0.4) is 0 Å². The van der Waals surface area contributed by atoms with Gasteiger partial charge in [-0.15, -0.1) is 0 Å². The van der Waals surface area contributed by atoms with Gasteiger partial charge in [-0.2, -0.15) is 0 Å². The molecule has 0 amide bonds. The van der Waals surface area contributed by atoms with Gasteiger partial charge in [0.25, 0.3) is 0 Å². The van der Waals surface area contributed by atoms with Crippen LogP contribution in [0, 0.1) is 0 Å². The van der Waals surface area contributed by atoms with Crippen molar-refractivity contribution in [2.75, 3.05) is 7.11 Å². The third-order valence-electron chi connectivity index (χ3n) is 3.70. The van der Waals surface area contributed by atoms with Gasteiger partial charge in [0.2, 0.25) is 0 Å². The van der Waals surface area contributed by atoms with Gasteiger partial charge in [0.15, 0.2) is 0 Å². The summed E-state index contributed by atoms with van der Waals surface area (Å²) in [5.41, 5.74) is 4.68. The third-order valence-corrected chi connectivity index (χ3v) is 3.70. The molecule has 0 saturated carbocycles. The number of ether oxygens (including phenoxy) is 1. The zero-order valence-electron chi connectivity index (χ0n) is 10.1. The number of carbonyl (C=O) groups is 1. The van der Waals surface area contributed by atoms with Crippen LogP contribution in [0.1, 0.15) is 28.0 Å². The Balaban J connectivity index is 2.26. The van der Waals surface area contributed by atoms with Crippen LogP contribution >= 0.6 is 0 Å². The first-order valence-corrected chi connectivity index (χ1v) is 5.91. The molecule has 3 heteroatoms. The first-order chi connectivity index (χ1) is 8.22. The predicted octanol–water partition coefficient (Wildman–Crippen LogP) is 2.45. The molecule has 2 aromatic rings. The van der Waals surface area contributed by atoms with Crippen LogP contribution in [-0.4, -0.2) is 17.6 Å². The molecule has 17 heavy (non-hydrogen) atoms. The average molecular weight is 229 g/mol. The quantitative estimate of drug-likeness (QED) is 0.703. The van der Waals surface area contributed by atoms with Gasteiger partial charge >= 0.3 is 5.97 Å². The monoisotopic (exact) mass is 229 g/mol. The lowest BCUT2D eigenvalue weighted by Gasteiger charge is -2.02. The molecule has 0 bridgehead atoms.